The van der Waals surface area contributed by atoms with Gasteiger partial charge in [-0.1, -0.05) is 0 Å². The molecule has 0 aromatic carbocycles. The summed E-state index contributed by atoms with van der Waals surface area (Å²) in [6.07, 6.45) is 12.4. The summed E-state index contributed by atoms with van der Waals surface area (Å²) in [6.45, 7) is 10.2. The summed E-state index contributed by atoms with van der Waals surface area (Å²) in [5, 5.41) is 78.4. The van der Waals surface area contributed by atoms with Crippen molar-refractivity contribution < 1.29 is 29.7 Å². The van der Waals surface area contributed by atoms with Crippen LogP contribution in [0.5, 0.6) is 0 Å². The molecule has 30 heteroatoms. The van der Waals surface area contributed by atoms with Gasteiger partial charge >= 0.3 is 0 Å². The summed E-state index contributed by atoms with van der Waals surface area (Å²) in [6, 6.07) is 12.3. The first-order valence-electron chi connectivity index (χ1n) is 33.8. The van der Waals surface area contributed by atoms with Crippen LogP contribution in [0.25, 0.3) is 30.6 Å². The van der Waals surface area contributed by atoms with Crippen LogP contribution in [-0.4, -0.2) is 155 Å². The number of fused-ring (bicyclic) bond motifs is 3. The van der Waals surface area contributed by atoms with E-state index < -0.39 is 16.8 Å². The highest BCUT2D eigenvalue weighted by Crippen LogP contribution is 2.43. The lowest BCUT2D eigenvalue weighted by atomic mass is 9.84. The molecule has 0 bridgehead atoms. The first-order chi connectivity index (χ1) is 46.8. The van der Waals surface area contributed by atoms with Crippen molar-refractivity contribution >= 4 is 177 Å². The van der Waals surface area contributed by atoms with E-state index in [-0.39, 0.29) is 54.0 Å². The number of aromatic nitrogens is 6. The topological polar surface area (TPSA) is 316 Å². The quantitative estimate of drug-likeness (QED) is 0.0337. The van der Waals surface area contributed by atoms with Crippen LogP contribution in [0.1, 0.15) is 155 Å². The molecule has 2 atom stereocenters. The zero-order valence-electron chi connectivity index (χ0n) is 54.4. The number of piperidine rings is 1. The maximum atomic E-state index is 14.0. The smallest absolute Gasteiger partial charge is 0.252 e. The number of nitrogens with one attached hydrogen (secondary N) is 10. The number of carbonyl (C=O) groups is 3. The second-order valence-corrected chi connectivity index (χ2v) is 33.7. The number of nitrogens with zero attached hydrogens (tertiary/aromatic N) is 8. The Morgan fingerprint density at radius 3 is 1.32 bits per heavy atom. The molecule has 512 valence electrons. The van der Waals surface area contributed by atoms with Crippen LogP contribution in [-0.2, 0) is 0 Å². The summed E-state index contributed by atoms with van der Waals surface area (Å²) in [7, 11) is 0. The number of rotatable bonds is 20. The lowest BCUT2D eigenvalue weighted by Crippen LogP contribution is -2.44. The Morgan fingerprint density at radius 1 is 0.464 bits per heavy atom. The third-order valence-corrected chi connectivity index (χ3v) is 25.7. The molecule has 0 unspecified atom stereocenters. The van der Waals surface area contributed by atoms with Gasteiger partial charge in [-0.2, -0.15) is 15.0 Å². The summed E-state index contributed by atoms with van der Waals surface area (Å²) < 4.78 is 2.87. The number of hydrogen-bond acceptors (Lipinski definition) is 27. The van der Waals surface area contributed by atoms with E-state index in [2.05, 4.69) is 75.1 Å². The molecule has 3 aliphatic carbocycles. The Balaban J connectivity index is 0.576. The monoisotopic (exact) mass is 1430 g/mol. The molecule has 15 rings (SSSR count). The van der Waals surface area contributed by atoms with E-state index in [0.29, 0.717) is 66.8 Å². The van der Waals surface area contributed by atoms with Gasteiger partial charge in [0.25, 0.3) is 17.7 Å². The first kappa shape index (κ1) is 65.8. The highest BCUT2D eigenvalue weighted by atomic mass is 32.1. The predicted octanol–water partition coefficient (Wildman–Crippen LogP) is 11.9. The van der Waals surface area contributed by atoms with Crippen LogP contribution >= 0.6 is 68.0 Å². The fraction of sp³-hybridized carbons (Fsp3) is 0.507. The van der Waals surface area contributed by atoms with Crippen molar-refractivity contribution in [2.75, 3.05) is 81.0 Å². The highest BCUT2D eigenvalue weighted by Gasteiger charge is 2.35. The average molecular weight is 1430 g/mol. The van der Waals surface area contributed by atoms with Crippen molar-refractivity contribution in [3.05, 3.63) is 74.6 Å². The molecular weight excluding hydrogens is 1350 g/mol. The maximum Gasteiger partial charge on any atom is 0.252 e. The number of carbonyl (C=O) groups excluding carboxylic acids is 3. The van der Waals surface area contributed by atoms with Crippen LogP contribution in [0.3, 0.4) is 0 Å². The van der Waals surface area contributed by atoms with Gasteiger partial charge in [-0.05, 0) is 172 Å². The summed E-state index contributed by atoms with van der Waals surface area (Å²) in [4.78, 5) is 75.4. The minimum absolute atomic E-state index is 0.000626. The van der Waals surface area contributed by atoms with E-state index in [9.17, 15) is 29.7 Å². The van der Waals surface area contributed by atoms with E-state index in [1.165, 1.54) is 34.0 Å². The minimum atomic E-state index is -0.690. The van der Waals surface area contributed by atoms with E-state index in [1.54, 1.807) is 34.0 Å². The minimum Gasteiger partial charge on any atom is -0.390 e. The molecule has 3 aliphatic heterocycles. The number of anilines is 11. The number of amides is 3. The molecule has 24 nitrogen and oxygen atoms in total. The van der Waals surface area contributed by atoms with Crippen molar-refractivity contribution in [3.8, 4) is 0 Å². The standard InChI is InChI=1S/C67H82N18O6S6/c1-65(89)15-4-39(5-16-65)69-56-53-45(14-25-92-53)75-62(81-56)78-48-26-36(33-93-48)59(86)72-42-11-22-84(23-12-42)51-29-46-54(96-51)57(70-40-6-17-66(2,90)18-7-40)82-63(76-46)80-50-28-38(35-95-50)61(88)74-44-13-24-85(32-44)52-30-47-55(97-52)58(71-41-8-19-67(3,91)20-9-41)83-64(77-47)79-49-27-37(34-94-49)60(87)73-43-10-21-68-31-43/h14,25-30,33-35,39-44,68,89-91H,4-13,15-24,31-32H2,1-3H3,(H,72,86)(H,73,87)(H,74,88)(H2,69,75,78,81)(H2,70,76,80,82)(H2,71,77,79,83)/t39?,40?,41?,43-,44+,65?,66?,67?/m0/s1. The van der Waals surface area contributed by atoms with Gasteiger partial charge in [0.05, 0.1) is 89.1 Å². The molecule has 3 amide bonds. The molecule has 3 saturated heterocycles. The number of aliphatic hydroxyl groups is 3. The Hall–Kier alpha value is -7.13. The van der Waals surface area contributed by atoms with Crippen LogP contribution in [0, 0.1) is 0 Å². The van der Waals surface area contributed by atoms with E-state index in [1.807, 2.05) is 66.6 Å². The Bertz CT molecular complexity index is 4320. The van der Waals surface area contributed by atoms with Crippen molar-refractivity contribution in [3.63, 3.8) is 0 Å². The van der Waals surface area contributed by atoms with Crippen molar-refractivity contribution in [2.24, 2.45) is 0 Å². The summed E-state index contributed by atoms with van der Waals surface area (Å²) in [5.74, 6) is 3.18. The third-order valence-electron chi connectivity index (χ3n) is 19.9. The predicted molar refractivity (Wildman–Crippen MR) is 394 cm³/mol. The van der Waals surface area contributed by atoms with E-state index >= 15 is 0 Å². The zero-order chi connectivity index (χ0) is 66.6. The molecule has 9 aromatic heterocycles. The molecule has 12 heterocycles. The first-order valence-corrected chi connectivity index (χ1v) is 39.0. The van der Waals surface area contributed by atoms with Crippen LogP contribution in [0.2, 0.25) is 0 Å². The van der Waals surface area contributed by atoms with Gasteiger partial charge in [0.2, 0.25) is 17.8 Å². The van der Waals surface area contributed by atoms with Gasteiger partial charge in [-0.15, -0.1) is 68.0 Å². The summed E-state index contributed by atoms with van der Waals surface area (Å²) in [5.41, 5.74) is 2.17. The zero-order valence-corrected chi connectivity index (χ0v) is 59.3. The number of thiophene rings is 6. The average Bonchev–Trinajstić information content (AvgIpc) is 1.71. The largest absolute Gasteiger partial charge is 0.390 e. The van der Waals surface area contributed by atoms with E-state index in [4.69, 9.17) is 29.9 Å². The second-order valence-electron chi connectivity index (χ2n) is 27.9. The van der Waals surface area contributed by atoms with Crippen LogP contribution < -0.4 is 63.0 Å². The van der Waals surface area contributed by atoms with Gasteiger partial charge < -0.3 is 78.3 Å². The molecule has 13 N–H and O–H groups in total. The van der Waals surface area contributed by atoms with Gasteiger partial charge in [0.15, 0.2) is 0 Å². The molecular formula is C67H82N18O6S6. The molecule has 3 saturated carbocycles. The van der Waals surface area contributed by atoms with Gasteiger partial charge in [0.1, 0.15) is 17.5 Å². The molecule has 6 aliphatic rings. The van der Waals surface area contributed by atoms with Crippen LogP contribution in [0.15, 0.2) is 57.9 Å². The maximum absolute atomic E-state index is 14.0. The molecule has 97 heavy (non-hydrogen) atoms. The van der Waals surface area contributed by atoms with Gasteiger partial charge in [-0.3, -0.25) is 14.4 Å². The van der Waals surface area contributed by atoms with Crippen molar-refractivity contribution in [2.45, 2.75) is 177 Å². The van der Waals surface area contributed by atoms with Crippen LogP contribution in [0.4, 0.5) is 60.3 Å². The van der Waals surface area contributed by atoms with Gasteiger partial charge in [0, 0.05) is 85.1 Å². The van der Waals surface area contributed by atoms with Crippen molar-refractivity contribution in [1.29, 1.82) is 0 Å². The molecule has 0 spiro atoms. The Morgan fingerprint density at radius 2 is 0.866 bits per heavy atom. The summed E-state index contributed by atoms with van der Waals surface area (Å²) >= 11 is 9.19. The molecule has 6 fully saturated rings. The molecule has 0 radical (unpaired) electrons. The third kappa shape index (κ3) is 15.5. The van der Waals surface area contributed by atoms with Gasteiger partial charge in [-0.25, -0.2) is 15.0 Å². The Labute approximate surface area is 585 Å². The lowest BCUT2D eigenvalue weighted by molar-refractivity contribution is 0.0192. The molecule has 9 aromatic rings. The normalized spacial score (nSPS) is 25.6. The van der Waals surface area contributed by atoms with Crippen molar-refractivity contribution in [1.82, 2.24) is 51.2 Å². The Kier molecular flexibility index (Phi) is 18.7. The van der Waals surface area contributed by atoms with E-state index in [0.717, 1.165) is 183 Å². The fourth-order valence-electron chi connectivity index (χ4n) is 14.0. The fourth-order valence-corrected chi connectivity index (χ4v) is 19.3. The number of hydrogen-bond donors (Lipinski definition) is 13. The second kappa shape index (κ2) is 27.5. The SMILES string of the molecule is CC1(O)CCC(Nc2nc(Nc3cc(C(=O)NC4CCN(c5cc6nc(Nc7cc(C(=O)N[C@@H]8CCN(c9cc%10nc(Nc%11cc(C(=O)N[C@H]%12CCNC%12)cs%11)nc(NC%11CCC(C)(O)CC%11)c%10s9)C8)cs7)nc(NC7CCC(C)(O)CC7)c6s5)CC4)cs3)nc3ccsc23)CC1. The highest BCUT2D eigenvalue weighted by molar-refractivity contribution is 7.23. The lowest BCUT2D eigenvalue weighted by Gasteiger charge is -2.33.